The summed E-state index contributed by atoms with van der Waals surface area (Å²) in [6.07, 6.45) is 7.56. The van der Waals surface area contributed by atoms with Crippen LogP contribution in [0, 0.1) is 16.7 Å². The van der Waals surface area contributed by atoms with Crippen molar-refractivity contribution in [2.24, 2.45) is 5.41 Å². The number of pyridine rings is 2. The summed E-state index contributed by atoms with van der Waals surface area (Å²) < 4.78 is 10.7. The zero-order valence-corrected chi connectivity index (χ0v) is 22.0. The zero-order valence-electron chi connectivity index (χ0n) is 21.2. The molecular weight excluding hydrogens is 476 g/mol. The number of nitriles is 1. The predicted octanol–water partition coefficient (Wildman–Crippen LogP) is 4.88. The second-order valence-electron chi connectivity index (χ2n) is 10.0. The predicted molar refractivity (Wildman–Crippen MR) is 143 cm³/mol. The van der Waals surface area contributed by atoms with Gasteiger partial charge in [-0.05, 0) is 63.6 Å². The van der Waals surface area contributed by atoms with Crippen molar-refractivity contribution in [1.82, 2.24) is 15.3 Å². The molecule has 0 spiro atoms. The van der Waals surface area contributed by atoms with E-state index in [2.05, 4.69) is 33.9 Å². The minimum absolute atomic E-state index is 0.366. The highest BCUT2D eigenvalue weighted by molar-refractivity contribution is 6.33. The van der Waals surface area contributed by atoms with Gasteiger partial charge in [0.15, 0.2) is 0 Å². The lowest BCUT2D eigenvalue weighted by Crippen LogP contribution is -2.42. The van der Waals surface area contributed by atoms with E-state index in [1.807, 2.05) is 24.3 Å². The molecule has 2 aliphatic rings. The Balaban J connectivity index is 1.37. The summed E-state index contributed by atoms with van der Waals surface area (Å²) in [7, 11) is 1.74. The second-order valence-corrected chi connectivity index (χ2v) is 10.4. The number of hydrogen-bond acceptors (Lipinski definition) is 8. The quantitative estimate of drug-likeness (QED) is 0.414. The number of methoxy groups -OCH3 is 1. The van der Waals surface area contributed by atoms with Crippen molar-refractivity contribution >= 4 is 23.2 Å². The largest absolute Gasteiger partial charge is 0.383 e. The van der Waals surface area contributed by atoms with Crippen molar-refractivity contribution in [3.63, 3.8) is 0 Å². The van der Waals surface area contributed by atoms with E-state index in [0.717, 1.165) is 68.0 Å². The molecule has 2 aromatic rings. The molecule has 0 radical (unpaired) electrons. The molecule has 194 valence electrons. The molecule has 9 heteroatoms. The van der Waals surface area contributed by atoms with E-state index in [-0.39, 0.29) is 0 Å². The maximum absolute atomic E-state index is 9.72. The molecule has 8 nitrogen and oxygen atoms in total. The third-order valence-corrected chi connectivity index (χ3v) is 7.49. The number of hydrogen-bond donors (Lipinski definition) is 3. The van der Waals surface area contributed by atoms with Crippen LogP contribution >= 0.6 is 11.6 Å². The minimum Gasteiger partial charge on any atom is -0.383 e. The lowest BCUT2D eigenvalue weighted by atomic mass is 9.82. The molecule has 2 fully saturated rings. The first-order chi connectivity index (χ1) is 17.5. The summed E-state index contributed by atoms with van der Waals surface area (Å²) in [6, 6.07) is 11.6. The van der Waals surface area contributed by atoms with E-state index in [1.165, 1.54) is 0 Å². The number of rotatable bonds is 10. The van der Waals surface area contributed by atoms with Crippen LogP contribution in [0.3, 0.4) is 0 Å². The Morgan fingerprint density at radius 2 is 1.94 bits per heavy atom. The van der Waals surface area contributed by atoms with Crippen LogP contribution in [0.15, 0.2) is 30.5 Å². The van der Waals surface area contributed by atoms with Gasteiger partial charge < -0.3 is 25.4 Å². The maximum Gasteiger partial charge on any atom is 0.126 e. The van der Waals surface area contributed by atoms with Gasteiger partial charge in [-0.15, -0.1) is 0 Å². The summed E-state index contributed by atoms with van der Waals surface area (Å²) in [6.45, 7) is 4.68. The Morgan fingerprint density at radius 3 is 2.67 bits per heavy atom. The van der Waals surface area contributed by atoms with Gasteiger partial charge in [-0.25, -0.2) is 9.97 Å². The smallest absolute Gasteiger partial charge is 0.126 e. The molecule has 0 bridgehead atoms. The summed E-state index contributed by atoms with van der Waals surface area (Å²) in [4.78, 5) is 9.31. The average molecular weight is 513 g/mol. The van der Waals surface area contributed by atoms with Crippen molar-refractivity contribution in [2.75, 3.05) is 44.1 Å². The fraction of sp³-hybridized carbons (Fsp3) is 0.593. The van der Waals surface area contributed by atoms with E-state index < -0.39 is 5.41 Å². The Kier molecular flexibility index (Phi) is 9.38. The Labute approximate surface area is 219 Å². The van der Waals surface area contributed by atoms with Crippen molar-refractivity contribution in [1.29, 1.82) is 5.26 Å². The summed E-state index contributed by atoms with van der Waals surface area (Å²) >= 11 is 6.54. The number of nitrogens with zero attached hydrogens (tertiary/aromatic N) is 3. The third-order valence-electron chi connectivity index (χ3n) is 7.19. The highest BCUT2D eigenvalue weighted by Crippen LogP contribution is 2.32. The number of anilines is 2. The number of halogens is 1. The van der Waals surface area contributed by atoms with E-state index in [0.29, 0.717) is 42.9 Å². The molecule has 3 heterocycles. The molecule has 1 saturated heterocycles. The van der Waals surface area contributed by atoms with Crippen LogP contribution in [-0.2, 0) is 9.47 Å². The fourth-order valence-electron chi connectivity index (χ4n) is 5.06. The maximum atomic E-state index is 9.72. The van der Waals surface area contributed by atoms with Crippen LogP contribution in [0.1, 0.15) is 45.4 Å². The van der Waals surface area contributed by atoms with E-state index in [1.54, 1.807) is 13.3 Å². The third kappa shape index (κ3) is 7.07. The van der Waals surface area contributed by atoms with Gasteiger partial charge in [0, 0.05) is 56.8 Å². The van der Waals surface area contributed by atoms with Gasteiger partial charge >= 0.3 is 0 Å². The summed E-state index contributed by atoms with van der Waals surface area (Å²) in [5, 5.41) is 20.9. The average Bonchev–Trinajstić information content (AvgIpc) is 2.90. The summed E-state index contributed by atoms with van der Waals surface area (Å²) in [5.74, 6) is 1.54. The molecule has 1 aliphatic carbocycles. The van der Waals surface area contributed by atoms with E-state index in [4.69, 9.17) is 26.1 Å². The molecule has 3 N–H and O–H groups in total. The van der Waals surface area contributed by atoms with E-state index >= 15 is 0 Å². The number of ether oxygens (including phenoxy) is 2. The molecule has 1 atom stereocenters. The van der Waals surface area contributed by atoms with Gasteiger partial charge in [-0.3, -0.25) is 0 Å². The minimum atomic E-state index is -0.419. The zero-order chi connectivity index (χ0) is 25.4. The van der Waals surface area contributed by atoms with E-state index in [9.17, 15) is 5.26 Å². The number of nitrogens with one attached hydrogen (secondary N) is 3. The first-order valence-corrected chi connectivity index (χ1v) is 13.3. The molecule has 1 saturated carbocycles. The lowest BCUT2D eigenvalue weighted by Gasteiger charge is -2.32. The van der Waals surface area contributed by atoms with Gasteiger partial charge in [0.1, 0.15) is 11.6 Å². The van der Waals surface area contributed by atoms with Gasteiger partial charge in [0.2, 0.25) is 0 Å². The first-order valence-electron chi connectivity index (χ1n) is 12.9. The highest BCUT2D eigenvalue weighted by atomic mass is 35.5. The fourth-order valence-corrected chi connectivity index (χ4v) is 5.26. The van der Waals surface area contributed by atoms with Crippen molar-refractivity contribution in [3.05, 3.63) is 35.5 Å². The van der Waals surface area contributed by atoms with Crippen LogP contribution in [-0.4, -0.2) is 61.6 Å². The Morgan fingerprint density at radius 1 is 1.19 bits per heavy atom. The van der Waals surface area contributed by atoms with Gasteiger partial charge in [0.05, 0.1) is 28.8 Å². The topological polar surface area (TPSA) is 104 Å². The normalized spacial score (nSPS) is 22.4. The SMILES string of the molecule is COC[C@@H](C)N[C@H]1CC[C@@H](Nc2cc(-c3cccc(NCC4(C#N)CCOCC4)n3)c(Cl)cn2)CC1. The van der Waals surface area contributed by atoms with Crippen LogP contribution < -0.4 is 16.0 Å². The molecule has 4 rings (SSSR count). The molecule has 2 aromatic heterocycles. The monoisotopic (exact) mass is 512 g/mol. The Bertz CT molecular complexity index is 1030. The summed E-state index contributed by atoms with van der Waals surface area (Å²) in [5.41, 5.74) is 1.19. The molecular formula is C27H37ClN6O2. The van der Waals surface area contributed by atoms with Crippen LogP contribution in [0.25, 0.3) is 11.3 Å². The van der Waals surface area contributed by atoms with Crippen molar-refractivity contribution in [3.8, 4) is 17.3 Å². The van der Waals surface area contributed by atoms with Crippen molar-refractivity contribution in [2.45, 2.75) is 63.6 Å². The molecule has 0 amide bonds. The Hall–Kier alpha value is -2.44. The standard InChI is InChI=1S/C27H37ClN6O2/c1-19(16-35-2)32-20-6-8-21(9-7-20)33-26-14-22(23(28)15-30-26)24-4-3-5-25(34-24)31-18-27(17-29)10-12-36-13-11-27/h3-5,14-15,19-21,32H,6-13,16,18H2,1-2H3,(H,30,33)(H,31,34)/t19-,20-,21+/m1/s1. The number of aromatic nitrogens is 2. The highest BCUT2D eigenvalue weighted by Gasteiger charge is 2.32. The van der Waals surface area contributed by atoms with Crippen LogP contribution in [0.4, 0.5) is 11.6 Å². The molecule has 36 heavy (non-hydrogen) atoms. The van der Waals surface area contributed by atoms with Gasteiger partial charge in [0.25, 0.3) is 0 Å². The van der Waals surface area contributed by atoms with Crippen LogP contribution in [0.2, 0.25) is 5.02 Å². The van der Waals surface area contributed by atoms with Crippen LogP contribution in [0.5, 0.6) is 0 Å². The lowest BCUT2D eigenvalue weighted by molar-refractivity contribution is 0.0455. The molecule has 1 aliphatic heterocycles. The van der Waals surface area contributed by atoms with Gasteiger partial charge in [-0.1, -0.05) is 17.7 Å². The molecule has 0 unspecified atom stereocenters. The van der Waals surface area contributed by atoms with Crippen molar-refractivity contribution < 1.29 is 9.47 Å². The second kappa shape index (κ2) is 12.7. The first kappa shape index (κ1) is 26.6. The van der Waals surface area contributed by atoms with Gasteiger partial charge in [-0.2, -0.15) is 5.26 Å². The molecule has 0 aromatic carbocycles.